The average molecular weight is 1830 g/mol. The van der Waals surface area contributed by atoms with Crippen LogP contribution in [-0.4, -0.2) is 240 Å². The van der Waals surface area contributed by atoms with Crippen LogP contribution in [0.15, 0.2) is 95.2 Å². The minimum absolute atomic E-state index is 0.00325. The molecule has 0 spiro atoms. The first-order valence-corrected chi connectivity index (χ1v) is 48.0. The van der Waals surface area contributed by atoms with E-state index in [1.807, 2.05) is 102 Å². The van der Waals surface area contributed by atoms with Crippen molar-refractivity contribution in [2.45, 2.75) is 368 Å². The second kappa shape index (κ2) is 51.3. The summed E-state index contributed by atoms with van der Waals surface area (Å²) in [5.41, 5.74) is 1.84. The molecule has 2 saturated carbocycles. The van der Waals surface area contributed by atoms with Crippen molar-refractivity contribution in [3.63, 3.8) is 0 Å². The lowest BCUT2D eigenvalue weighted by molar-refractivity contribution is -0.266. The van der Waals surface area contributed by atoms with E-state index in [-0.39, 0.29) is 121 Å². The normalized spacial score (nSPS) is 40.3. The standard InChI is InChI=1S/C52H80FNO11.C51H78FNO12/c1-31-17-13-12-14-18-36(6)51(8,9)30-39-22-20-37(7)52(61,65-39)48(58)49(59)54-24-16-15-19-40(54)50(60)64-43(33(3)27-38-21-23-41(55)44(28-38)62-10)29-42(56)32(2)26-34(4)45(53)47(63-11)46(57)35(5)25-31;1-30-16-12-11-13-17-31(2)42(61-8)28-38-21-19-36(7)51(60,65-38)48(57)49(58)53-23-15-14-18-39(53)50(59)64-43(33(4)26-37-20-22-40(54)44(27-37)62-9)29-41(55)32(3)25-34(5)45(52)47(63-10)46(56)35(6)24-30/h12-14,17-18,26,31-33,35,37-41,43-45,47,55,61H,15-16,19-25,27-30H2,1-11H3;11-13,16-17,25,30,32-33,35-40,42-45,47,54,60H,14-15,18-24,26-29H2,1-10H3/b14-12+,17-13+,34-26+,36-18+;13-11+,16-12+,31-17+,34-25+/t31-,32-,33-,35-,37-,38?,39+,40+,41+,43?,44-,45?,47-,52-;30-,32-,33-,35-,36-,37?,38+,39+,40+,42+,43?,44-,45?,47-,51-/m11/s1. The van der Waals surface area contributed by atoms with Crippen molar-refractivity contribution < 1.29 is 120 Å². The van der Waals surface area contributed by atoms with Gasteiger partial charge in [0.1, 0.15) is 35.9 Å². The van der Waals surface area contributed by atoms with Gasteiger partial charge in [0.25, 0.3) is 23.4 Å². The van der Waals surface area contributed by atoms with Gasteiger partial charge in [0.05, 0.1) is 42.7 Å². The third-order valence-electron chi connectivity index (χ3n) is 29.4. The number of aliphatic hydroxyl groups is 4. The van der Waals surface area contributed by atoms with Crippen LogP contribution in [0.2, 0.25) is 0 Å². The zero-order valence-electron chi connectivity index (χ0n) is 81.6. The number of methoxy groups -OCH3 is 5. The quantitative estimate of drug-likeness (QED) is 0.0848. The van der Waals surface area contributed by atoms with E-state index in [0.717, 1.165) is 11.1 Å². The molecule has 130 heavy (non-hydrogen) atoms. The van der Waals surface area contributed by atoms with Crippen molar-refractivity contribution in [1.82, 2.24) is 9.80 Å². The predicted molar refractivity (Wildman–Crippen MR) is 491 cm³/mol. The predicted octanol–water partition coefficient (Wildman–Crippen LogP) is 15.3. The van der Waals surface area contributed by atoms with Crippen molar-refractivity contribution in [3.05, 3.63) is 95.2 Å². The number of hydrogen-bond donors (Lipinski definition) is 4. The molecule has 6 heterocycles. The Morgan fingerprint density at radius 2 is 0.869 bits per heavy atom. The zero-order valence-corrected chi connectivity index (χ0v) is 81.6. The third-order valence-corrected chi connectivity index (χ3v) is 29.4. The maximum Gasteiger partial charge on any atom is 0.329 e. The third kappa shape index (κ3) is 29.9. The first-order valence-electron chi connectivity index (χ1n) is 48.0. The summed E-state index contributed by atoms with van der Waals surface area (Å²) in [5.74, 6) is -16.7. The molecule has 0 aromatic rings. The Morgan fingerprint density at radius 1 is 0.469 bits per heavy atom. The van der Waals surface area contributed by atoms with Crippen LogP contribution >= 0.6 is 0 Å². The number of piperidine rings is 2. The highest BCUT2D eigenvalue weighted by atomic mass is 19.1. The van der Waals surface area contributed by atoms with Crippen LogP contribution in [-0.2, 0) is 90.6 Å². The monoisotopic (exact) mass is 1830 g/mol. The molecule has 0 aromatic heterocycles. The fourth-order valence-corrected chi connectivity index (χ4v) is 20.3. The molecule has 0 aromatic carbocycles. The van der Waals surface area contributed by atoms with Gasteiger partial charge in [0, 0.05) is 103 Å². The lowest BCUT2D eigenvalue weighted by Gasteiger charge is -2.44. The minimum Gasteiger partial charge on any atom is -0.460 e. The van der Waals surface area contributed by atoms with E-state index in [9.17, 15) is 68.4 Å². The molecule has 8 rings (SSSR count). The largest absolute Gasteiger partial charge is 0.460 e. The van der Waals surface area contributed by atoms with Crippen molar-refractivity contribution in [3.8, 4) is 0 Å². The van der Waals surface area contributed by atoms with Gasteiger partial charge < -0.3 is 72.9 Å². The Balaban J connectivity index is 0.000000356. The van der Waals surface area contributed by atoms with E-state index in [0.29, 0.717) is 128 Å². The van der Waals surface area contributed by atoms with Crippen LogP contribution in [0.3, 0.4) is 0 Å². The number of carbonyl (C=O) groups is 10. The second-order valence-corrected chi connectivity index (χ2v) is 40.2. The molecular weight excluding hydrogens is 1670 g/mol. The molecule has 4 saturated heterocycles. The van der Waals surface area contributed by atoms with Gasteiger partial charge in [-0.05, 0) is 220 Å². The van der Waals surface area contributed by atoms with Gasteiger partial charge in [-0.2, -0.15) is 0 Å². The summed E-state index contributed by atoms with van der Waals surface area (Å²) in [5, 5.41) is 44.8. The minimum atomic E-state index is -2.44. The number of ketones is 6. The van der Waals surface area contributed by atoms with Crippen molar-refractivity contribution in [1.29, 1.82) is 0 Å². The summed E-state index contributed by atoms with van der Waals surface area (Å²) in [6.07, 6.45) is 21.1. The number of fused-ring (bicyclic) bond motifs is 6. The Morgan fingerprint density at radius 3 is 1.27 bits per heavy atom. The summed E-state index contributed by atoms with van der Waals surface area (Å²) >= 11 is 0. The first-order chi connectivity index (χ1) is 61.3. The molecule has 6 unspecified atom stereocenters. The lowest BCUT2D eigenvalue weighted by Crippen LogP contribution is -2.61. The van der Waals surface area contributed by atoms with Crippen LogP contribution in [0.1, 0.15) is 265 Å². The van der Waals surface area contributed by atoms with Crippen LogP contribution in [0.4, 0.5) is 8.78 Å². The number of cyclic esters (lactones) is 2. The molecule has 0 radical (unpaired) electrons. The summed E-state index contributed by atoms with van der Waals surface area (Å²) in [6.45, 7) is 29.2. The summed E-state index contributed by atoms with van der Waals surface area (Å²) in [7, 11) is 7.29. The van der Waals surface area contributed by atoms with Crippen molar-refractivity contribution in [2.24, 2.45) is 76.4 Å². The smallest absolute Gasteiger partial charge is 0.329 e. The van der Waals surface area contributed by atoms with E-state index in [2.05, 4.69) is 13.8 Å². The Kier molecular flexibility index (Phi) is 43.5. The maximum absolute atomic E-state index is 16.2. The highest BCUT2D eigenvalue weighted by molar-refractivity contribution is 6.39. The SMILES string of the molecule is CO[C@H]1C(=O)[C@H](C)C[C@H](C)/C=C/C=C/C=C(\C)C(C)(C)C[C@@H]2CC[C@@H](C)[C@@](O)(O2)C(=O)C(=O)N2CCCC[C@H]2C(=O)OC([C@H](C)CC2CC[C@H](O)[C@H](OC)C2)CC(=O)[C@H](C)/C=C(\C)C1F.CO[C@H]1C[C@@H]2CC[C@@H](C)[C@@](O)(O2)C(=O)C(=O)N2CCCC[C@H]2C(=O)OC([C@H](C)CC2CC[C@H](O)[C@H](OC)C2)CC(=O)[C@H](C)/C=C(\C)C(F)[C@@H](OC)C(=O)[C@H](C)C[C@H](C)/C=C/C=C/C=C/1C. The number of allylic oxidation sites excluding steroid dienone is 13. The van der Waals surface area contributed by atoms with Gasteiger partial charge >= 0.3 is 11.9 Å². The molecule has 8 aliphatic rings. The fraction of sp³-hybridized carbons (Fsp3) is 0.748. The van der Waals surface area contributed by atoms with Gasteiger partial charge in [-0.15, -0.1) is 0 Å². The number of rotatable bonds is 11. The number of esters is 2. The molecule has 732 valence electrons. The van der Waals surface area contributed by atoms with E-state index >= 15 is 8.78 Å². The number of aliphatic hydroxyl groups excluding tert-OH is 2. The van der Waals surface area contributed by atoms with Gasteiger partial charge in [0.2, 0.25) is 11.6 Å². The molecule has 25 nitrogen and oxygen atoms in total. The Labute approximate surface area is 772 Å². The van der Waals surface area contributed by atoms with Gasteiger partial charge in [-0.1, -0.05) is 162 Å². The lowest BCUT2D eigenvalue weighted by atomic mass is 9.76. The van der Waals surface area contributed by atoms with E-state index in [4.69, 9.17) is 42.6 Å². The van der Waals surface area contributed by atoms with Crippen LogP contribution in [0.25, 0.3) is 0 Å². The number of alkyl halides is 2. The van der Waals surface area contributed by atoms with Crippen LogP contribution in [0.5, 0.6) is 0 Å². The van der Waals surface area contributed by atoms with Gasteiger partial charge in [0.15, 0.2) is 36.1 Å². The van der Waals surface area contributed by atoms with Gasteiger partial charge in [-0.3, -0.25) is 38.4 Å². The fourth-order valence-electron chi connectivity index (χ4n) is 20.3. The van der Waals surface area contributed by atoms with Gasteiger partial charge in [-0.25, -0.2) is 18.4 Å². The molecule has 4 N–H and O–H groups in total. The number of Topliss-reactive ketones (excluding diaryl/α,β-unsaturated/α-hetero) is 6. The Bertz CT molecular complexity index is 4050. The highest BCUT2D eigenvalue weighted by Crippen LogP contribution is 2.44. The molecule has 2 amide bonds. The average Bonchev–Trinajstić information content (AvgIpc) is 0.741. The van der Waals surface area contributed by atoms with E-state index < -0.39 is 167 Å². The molecule has 4 bridgehead atoms. The van der Waals surface area contributed by atoms with E-state index in [1.165, 1.54) is 50.0 Å². The Hall–Kier alpha value is -6.76. The maximum atomic E-state index is 16.2. The van der Waals surface area contributed by atoms with E-state index in [1.54, 1.807) is 62.9 Å². The molecule has 2 aliphatic carbocycles. The molecular formula is C103H158F2N2O23. The molecule has 27 heteroatoms. The zero-order chi connectivity index (χ0) is 96.6. The number of carbonyl (C=O) groups excluding carboxylic acids is 10. The topological polar surface area (TPSA) is 341 Å². The van der Waals surface area contributed by atoms with Crippen molar-refractivity contribution in [2.75, 3.05) is 48.6 Å². The summed E-state index contributed by atoms with van der Waals surface area (Å²) < 4.78 is 85.0. The number of hydrogen-bond acceptors (Lipinski definition) is 23. The molecule has 6 aliphatic heterocycles. The number of halogens is 2. The highest BCUT2D eigenvalue weighted by Gasteiger charge is 2.56. The molecule has 6 fully saturated rings. The number of nitrogens with zero attached hydrogens (tertiary/aromatic N) is 2. The summed E-state index contributed by atoms with van der Waals surface area (Å²) in [6, 6.07) is -2.30. The van der Waals surface area contributed by atoms with Crippen LogP contribution < -0.4 is 0 Å². The number of amides is 2. The second-order valence-electron chi connectivity index (χ2n) is 40.2. The molecule has 29 atom stereocenters. The number of ether oxygens (including phenoxy) is 9. The summed E-state index contributed by atoms with van der Waals surface area (Å²) in [4.78, 5) is 143. The first kappa shape index (κ1) is 110. The van der Waals surface area contributed by atoms with Crippen molar-refractivity contribution >= 4 is 58.5 Å². The van der Waals surface area contributed by atoms with Crippen LogP contribution in [0, 0.1) is 76.4 Å².